The summed E-state index contributed by atoms with van der Waals surface area (Å²) in [4.78, 5) is 11.8. The van der Waals surface area contributed by atoms with Gasteiger partial charge in [-0.05, 0) is 49.1 Å². The number of nitrogens with one attached hydrogen (secondary N) is 2. The molecule has 1 unspecified atom stereocenters. The molecule has 0 fully saturated rings. The zero-order chi connectivity index (χ0) is 16.7. The summed E-state index contributed by atoms with van der Waals surface area (Å²) in [5, 5.41) is 5.35. The number of amides is 2. The van der Waals surface area contributed by atoms with Crippen LogP contribution in [-0.4, -0.2) is 18.6 Å². The molecule has 4 N–H and O–H groups in total. The van der Waals surface area contributed by atoms with Crippen molar-refractivity contribution >= 4 is 11.7 Å². The minimum absolute atomic E-state index is 0.0193. The highest BCUT2D eigenvalue weighted by molar-refractivity contribution is 5.89. The molecule has 0 heterocycles. The second-order valence-corrected chi connectivity index (χ2v) is 5.64. The number of aryl methyl sites for hydroxylation is 1. The van der Waals surface area contributed by atoms with Crippen LogP contribution in [0.2, 0.25) is 0 Å². The van der Waals surface area contributed by atoms with Crippen LogP contribution in [0.1, 0.15) is 17.5 Å². The van der Waals surface area contributed by atoms with E-state index >= 15 is 0 Å². The SMILES string of the molecule is Cc1cc(F)cc(NC(=O)NCCC(N)Cc2ccccc2)c1. The van der Waals surface area contributed by atoms with Gasteiger partial charge in [0.2, 0.25) is 0 Å². The predicted molar refractivity (Wildman–Crippen MR) is 90.9 cm³/mol. The van der Waals surface area contributed by atoms with Crippen molar-refractivity contribution in [1.82, 2.24) is 5.32 Å². The Bertz CT molecular complexity index is 626. The molecule has 2 rings (SSSR count). The maximum Gasteiger partial charge on any atom is 0.319 e. The van der Waals surface area contributed by atoms with Gasteiger partial charge >= 0.3 is 6.03 Å². The fourth-order valence-electron chi connectivity index (χ4n) is 2.37. The van der Waals surface area contributed by atoms with Crippen molar-refractivity contribution in [3.8, 4) is 0 Å². The van der Waals surface area contributed by atoms with Crippen LogP contribution in [0.3, 0.4) is 0 Å². The van der Waals surface area contributed by atoms with Gasteiger partial charge in [0.15, 0.2) is 0 Å². The average Bonchev–Trinajstić information content (AvgIpc) is 2.47. The van der Waals surface area contributed by atoms with Crippen molar-refractivity contribution in [3.63, 3.8) is 0 Å². The van der Waals surface area contributed by atoms with E-state index in [0.717, 1.165) is 12.0 Å². The van der Waals surface area contributed by atoms with E-state index in [2.05, 4.69) is 10.6 Å². The van der Waals surface area contributed by atoms with Gasteiger partial charge in [-0.15, -0.1) is 0 Å². The first-order valence-electron chi connectivity index (χ1n) is 7.64. The van der Waals surface area contributed by atoms with Crippen LogP contribution in [0, 0.1) is 12.7 Å². The second kappa shape index (κ2) is 8.29. The highest BCUT2D eigenvalue weighted by Gasteiger charge is 2.07. The van der Waals surface area contributed by atoms with Gasteiger partial charge in [-0.2, -0.15) is 0 Å². The summed E-state index contributed by atoms with van der Waals surface area (Å²) < 4.78 is 13.3. The van der Waals surface area contributed by atoms with E-state index < -0.39 is 0 Å². The first-order chi connectivity index (χ1) is 11.0. The standard InChI is InChI=1S/C18H22FN3O/c1-13-9-15(19)12-17(10-13)22-18(23)21-8-7-16(20)11-14-5-3-2-4-6-14/h2-6,9-10,12,16H,7-8,11,20H2,1H3,(H2,21,22,23). The predicted octanol–water partition coefficient (Wildman–Crippen LogP) is 3.22. The van der Waals surface area contributed by atoms with Crippen LogP contribution in [0.25, 0.3) is 0 Å². The van der Waals surface area contributed by atoms with Crippen LogP contribution in [0.4, 0.5) is 14.9 Å². The number of hydrogen-bond donors (Lipinski definition) is 3. The molecule has 0 bridgehead atoms. The summed E-state index contributed by atoms with van der Waals surface area (Å²) in [6.07, 6.45) is 1.44. The van der Waals surface area contributed by atoms with E-state index in [9.17, 15) is 9.18 Å². The Hall–Kier alpha value is -2.40. The van der Waals surface area contributed by atoms with Crippen molar-refractivity contribution in [2.24, 2.45) is 5.73 Å². The van der Waals surface area contributed by atoms with E-state index in [1.165, 1.54) is 17.7 Å². The number of halogens is 1. The molecular formula is C18H22FN3O. The summed E-state index contributed by atoms with van der Waals surface area (Å²) in [7, 11) is 0. The molecule has 0 spiro atoms. The lowest BCUT2D eigenvalue weighted by Crippen LogP contribution is -2.34. The topological polar surface area (TPSA) is 67.2 Å². The second-order valence-electron chi connectivity index (χ2n) is 5.64. The lowest BCUT2D eigenvalue weighted by atomic mass is 10.0. The zero-order valence-electron chi connectivity index (χ0n) is 13.2. The number of rotatable bonds is 6. The number of carbonyl (C=O) groups excluding carboxylic acids is 1. The molecule has 2 amide bonds. The van der Waals surface area contributed by atoms with Gasteiger partial charge in [0.25, 0.3) is 0 Å². The molecule has 4 nitrogen and oxygen atoms in total. The first kappa shape index (κ1) is 17.0. The van der Waals surface area contributed by atoms with Gasteiger partial charge in [0.1, 0.15) is 5.82 Å². The molecule has 23 heavy (non-hydrogen) atoms. The summed E-state index contributed by atoms with van der Waals surface area (Å²) in [6.45, 7) is 2.24. The number of benzene rings is 2. The van der Waals surface area contributed by atoms with Crippen LogP contribution < -0.4 is 16.4 Å². The lowest BCUT2D eigenvalue weighted by molar-refractivity contribution is 0.251. The third kappa shape index (κ3) is 6.08. The van der Waals surface area contributed by atoms with Gasteiger partial charge in [0, 0.05) is 18.3 Å². The summed E-state index contributed by atoms with van der Waals surface area (Å²) in [6, 6.07) is 14.0. The fraction of sp³-hybridized carbons (Fsp3) is 0.278. The minimum atomic E-state index is -0.370. The Labute approximate surface area is 135 Å². The van der Waals surface area contributed by atoms with Crippen molar-refractivity contribution in [1.29, 1.82) is 0 Å². The van der Waals surface area contributed by atoms with Gasteiger partial charge in [-0.1, -0.05) is 30.3 Å². The Kier molecular flexibility index (Phi) is 6.11. The molecule has 0 aliphatic heterocycles. The molecule has 0 saturated heterocycles. The Morgan fingerprint density at radius 3 is 2.65 bits per heavy atom. The smallest absolute Gasteiger partial charge is 0.319 e. The normalized spacial score (nSPS) is 11.8. The molecule has 0 aliphatic rings. The summed E-state index contributed by atoms with van der Waals surface area (Å²) in [5.41, 5.74) is 8.44. The lowest BCUT2D eigenvalue weighted by Gasteiger charge is -2.13. The molecule has 0 aromatic heterocycles. The minimum Gasteiger partial charge on any atom is -0.338 e. The van der Waals surface area contributed by atoms with E-state index in [4.69, 9.17) is 5.73 Å². The number of carbonyl (C=O) groups is 1. The maximum atomic E-state index is 13.3. The van der Waals surface area contributed by atoms with E-state index in [1.54, 1.807) is 13.0 Å². The molecule has 0 saturated carbocycles. The van der Waals surface area contributed by atoms with Crippen LogP contribution in [0.15, 0.2) is 48.5 Å². The highest BCUT2D eigenvalue weighted by Crippen LogP contribution is 2.13. The van der Waals surface area contributed by atoms with Gasteiger partial charge < -0.3 is 16.4 Å². The third-order valence-electron chi connectivity index (χ3n) is 3.44. The van der Waals surface area contributed by atoms with Crippen molar-refractivity contribution in [2.45, 2.75) is 25.8 Å². The average molecular weight is 315 g/mol. The Balaban J connectivity index is 1.72. The molecule has 0 radical (unpaired) electrons. The molecule has 122 valence electrons. The number of hydrogen-bond acceptors (Lipinski definition) is 2. The molecule has 2 aromatic rings. The van der Waals surface area contributed by atoms with Crippen LogP contribution in [0.5, 0.6) is 0 Å². The zero-order valence-corrected chi connectivity index (χ0v) is 13.2. The van der Waals surface area contributed by atoms with Gasteiger partial charge in [-0.3, -0.25) is 0 Å². The van der Waals surface area contributed by atoms with Gasteiger partial charge in [-0.25, -0.2) is 9.18 Å². The van der Waals surface area contributed by atoms with E-state index in [1.807, 2.05) is 30.3 Å². The molecular weight excluding hydrogens is 293 g/mol. The van der Waals surface area contributed by atoms with Crippen molar-refractivity contribution < 1.29 is 9.18 Å². The molecule has 2 aromatic carbocycles. The number of nitrogens with two attached hydrogens (primary N) is 1. The molecule has 0 aliphatic carbocycles. The largest absolute Gasteiger partial charge is 0.338 e. The first-order valence-corrected chi connectivity index (χ1v) is 7.64. The monoisotopic (exact) mass is 315 g/mol. The third-order valence-corrected chi connectivity index (χ3v) is 3.44. The molecule has 5 heteroatoms. The summed E-state index contributed by atoms with van der Waals surface area (Å²) in [5.74, 6) is -0.370. The van der Waals surface area contributed by atoms with Crippen LogP contribution in [-0.2, 0) is 6.42 Å². The van der Waals surface area contributed by atoms with Gasteiger partial charge in [0.05, 0.1) is 0 Å². The summed E-state index contributed by atoms with van der Waals surface area (Å²) >= 11 is 0. The quantitative estimate of drug-likeness (QED) is 0.766. The van der Waals surface area contributed by atoms with Crippen LogP contribution >= 0.6 is 0 Å². The molecule has 1 atom stereocenters. The number of anilines is 1. The highest BCUT2D eigenvalue weighted by atomic mass is 19.1. The fourth-order valence-corrected chi connectivity index (χ4v) is 2.37. The van der Waals surface area contributed by atoms with E-state index in [0.29, 0.717) is 18.7 Å². The van der Waals surface area contributed by atoms with E-state index in [-0.39, 0.29) is 17.9 Å². The maximum absolute atomic E-state index is 13.3. The van der Waals surface area contributed by atoms with Crippen molar-refractivity contribution in [2.75, 3.05) is 11.9 Å². The Morgan fingerprint density at radius 2 is 1.96 bits per heavy atom. The van der Waals surface area contributed by atoms with Crippen molar-refractivity contribution in [3.05, 3.63) is 65.5 Å². The number of urea groups is 1. The Morgan fingerprint density at radius 1 is 1.22 bits per heavy atom.